The largest absolute Gasteiger partial charge is 0.325 e. The average molecular weight is 345 g/mol. The topological polar surface area (TPSA) is 36.4 Å². The maximum absolute atomic E-state index is 13.4. The predicted octanol–water partition coefficient (Wildman–Crippen LogP) is 4.27. The van der Waals surface area contributed by atoms with E-state index >= 15 is 0 Å². The molecule has 2 amide bonds. The Labute approximate surface area is 154 Å². The molecule has 1 fully saturated rings. The molecule has 0 spiro atoms. The standard InChI is InChI=1S/C22H23N3O/c26-22(24-12-4-7-16-5-1-2-8-21(16)24)25-19-9-10-20(25)14-18(13-19)17-6-3-11-23-15-17/h1-3,5-6,8,11,13,15,19-20H,4,7,9-10,12,14H2. The second kappa shape index (κ2) is 6.27. The molecule has 2 aromatic rings. The molecule has 5 rings (SSSR count). The number of fused-ring (bicyclic) bond motifs is 3. The van der Waals surface area contributed by atoms with Crippen LogP contribution in [0.5, 0.6) is 0 Å². The van der Waals surface area contributed by atoms with Crippen molar-refractivity contribution in [3.8, 4) is 0 Å². The van der Waals surface area contributed by atoms with Gasteiger partial charge in [-0.2, -0.15) is 0 Å². The fraction of sp³-hybridized carbons (Fsp3) is 0.364. The highest BCUT2D eigenvalue weighted by Gasteiger charge is 2.42. The van der Waals surface area contributed by atoms with Crippen molar-refractivity contribution in [3.05, 3.63) is 66.0 Å². The number of hydrogen-bond donors (Lipinski definition) is 0. The van der Waals surface area contributed by atoms with Crippen LogP contribution in [-0.2, 0) is 6.42 Å². The summed E-state index contributed by atoms with van der Waals surface area (Å²) in [7, 11) is 0. The number of carbonyl (C=O) groups excluding carboxylic acids is 1. The lowest BCUT2D eigenvalue weighted by Gasteiger charge is -2.39. The molecule has 2 unspecified atom stereocenters. The molecular formula is C22H23N3O. The Morgan fingerprint density at radius 3 is 2.88 bits per heavy atom. The fourth-order valence-electron chi connectivity index (χ4n) is 4.77. The number of rotatable bonds is 1. The van der Waals surface area contributed by atoms with Gasteiger partial charge in [0.1, 0.15) is 0 Å². The summed E-state index contributed by atoms with van der Waals surface area (Å²) >= 11 is 0. The summed E-state index contributed by atoms with van der Waals surface area (Å²) in [6.07, 6.45) is 11.2. The number of urea groups is 1. The molecule has 1 saturated heterocycles. The summed E-state index contributed by atoms with van der Waals surface area (Å²) in [6, 6.07) is 13.2. The highest BCUT2D eigenvalue weighted by Crippen LogP contribution is 2.40. The van der Waals surface area contributed by atoms with Crippen molar-refractivity contribution < 1.29 is 4.79 Å². The minimum atomic E-state index is 0.186. The second-order valence-electron chi connectivity index (χ2n) is 7.51. The molecule has 3 aliphatic heterocycles. The first-order chi connectivity index (χ1) is 12.8. The van der Waals surface area contributed by atoms with Gasteiger partial charge in [-0.1, -0.05) is 30.3 Å². The van der Waals surface area contributed by atoms with Crippen molar-refractivity contribution in [3.63, 3.8) is 0 Å². The van der Waals surface area contributed by atoms with Gasteiger partial charge in [0.15, 0.2) is 0 Å². The summed E-state index contributed by atoms with van der Waals surface area (Å²) < 4.78 is 0. The van der Waals surface area contributed by atoms with Gasteiger partial charge in [0.25, 0.3) is 0 Å². The van der Waals surface area contributed by atoms with Gasteiger partial charge in [-0.3, -0.25) is 9.88 Å². The molecule has 0 saturated carbocycles. The van der Waals surface area contributed by atoms with Crippen LogP contribution in [0.4, 0.5) is 10.5 Å². The van der Waals surface area contributed by atoms with Gasteiger partial charge in [-0.05, 0) is 60.9 Å². The van der Waals surface area contributed by atoms with E-state index in [0.29, 0.717) is 6.04 Å². The van der Waals surface area contributed by atoms with Gasteiger partial charge >= 0.3 is 6.03 Å². The van der Waals surface area contributed by atoms with E-state index < -0.39 is 0 Å². The van der Waals surface area contributed by atoms with Crippen LogP contribution in [0.2, 0.25) is 0 Å². The fourth-order valence-corrected chi connectivity index (χ4v) is 4.77. The summed E-state index contributed by atoms with van der Waals surface area (Å²) in [5.41, 5.74) is 4.93. The molecule has 2 atom stereocenters. The van der Waals surface area contributed by atoms with Crippen LogP contribution in [0.3, 0.4) is 0 Å². The van der Waals surface area contributed by atoms with E-state index in [1.54, 1.807) is 0 Å². The van der Waals surface area contributed by atoms with Gasteiger partial charge in [-0.25, -0.2) is 4.79 Å². The second-order valence-corrected chi connectivity index (χ2v) is 7.51. The van der Waals surface area contributed by atoms with Crippen LogP contribution in [0.25, 0.3) is 5.57 Å². The minimum absolute atomic E-state index is 0.186. The Kier molecular flexibility index (Phi) is 3.77. The van der Waals surface area contributed by atoms with Crippen molar-refractivity contribution in [2.75, 3.05) is 11.4 Å². The molecule has 0 aliphatic carbocycles. The first-order valence-electron chi connectivity index (χ1n) is 9.60. The maximum atomic E-state index is 13.4. The van der Waals surface area contributed by atoms with Gasteiger partial charge in [0, 0.05) is 30.7 Å². The van der Waals surface area contributed by atoms with E-state index in [-0.39, 0.29) is 12.1 Å². The lowest BCUT2D eigenvalue weighted by atomic mass is 9.96. The summed E-state index contributed by atoms with van der Waals surface area (Å²) in [6.45, 7) is 0.824. The quantitative estimate of drug-likeness (QED) is 0.774. The molecule has 1 aromatic heterocycles. The van der Waals surface area contributed by atoms with Gasteiger partial charge in [0.05, 0.1) is 6.04 Å². The molecule has 4 heteroatoms. The van der Waals surface area contributed by atoms with Crippen LogP contribution < -0.4 is 4.90 Å². The highest BCUT2D eigenvalue weighted by atomic mass is 16.2. The molecule has 1 aromatic carbocycles. The zero-order valence-corrected chi connectivity index (χ0v) is 14.8. The molecule has 4 nitrogen and oxygen atoms in total. The Morgan fingerprint density at radius 2 is 2.04 bits per heavy atom. The van der Waals surface area contributed by atoms with Crippen LogP contribution in [0, 0.1) is 0 Å². The molecule has 26 heavy (non-hydrogen) atoms. The van der Waals surface area contributed by atoms with Crippen LogP contribution in [0.1, 0.15) is 36.8 Å². The molecule has 0 radical (unpaired) electrons. The Morgan fingerprint density at radius 1 is 1.12 bits per heavy atom. The number of para-hydroxylation sites is 1. The summed E-state index contributed by atoms with van der Waals surface area (Å²) in [4.78, 5) is 21.8. The number of pyridine rings is 1. The molecule has 132 valence electrons. The number of amides is 2. The first kappa shape index (κ1) is 15.6. The normalized spacial score (nSPS) is 24.2. The van der Waals surface area contributed by atoms with E-state index in [9.17, 15) is 4.79 Å². The van der Waals surface area contributed by atoms with Gasteiger partial charge in [-0.15, -0.1) is 0 Å². The molecule has 3 aliphatic rings. The maximum Gasteiger partial charge on any atom is 0.325 e. The van der Waals surface area contributed by atoms with Crippen LogP contribution in [0.15, 0.2) is 54.9 Å². The average Bonchev–Trinajstić information content (AvgIpc) is 2.97. The van der Waals surface area contributed by atoms with Gasteiger partial charge < -0.3 is 4.90 Å². The zero-order valence-electron chi connectivity index (χ0n) is 14.8. The first-order valence-corrected chi connectivity index (χ1v) is 9.60. The van der Waals surface area contributed by atoms with E-state index in [4.69, 9.17) is 0 Å². The number of anilines is 1. The number of aromatic nitrogens is 1. The lowest BCUT2D eigenvalue weighted by molar-refractivity contribution is 0.186. The SMILES string of the molecule is O=C(N1CCCc2ccccc21)N1C2C=C(c3cccnc3)CC1CC2. The number of nitrogens with zero attached hydrogens (tertiary/aromatic N) is 3. The van der Waals surface area contributed by atoms with E-state index in [1.165, 1.54) is 16.7 Å². The Bertz CT molecular complexity index is 861. The number of carbonyl (C=O) groups is 1. The zero-order chi connectivity index (χ0) is 17.5. The Hall–Kier alpha value is -2.62. The van der Waals surface area contributed by atoms with Crippen LogP contribution >= 0.6 is 0 Å². The minimum Gasteiger partial charge on any atom is -0.315 e. The predicted molar refractivity (Wildman–Crippen MR) is 103 cm³/mol. The van der Waals surface area contributed by atoms with Crippen molar-refractivity contribution in [1.29, 1.82) is 0 Å². The third-order valence-corrected chi connectivity index (χ3v) is 5.99. The van der Waals surface area contributed by atoms with Crippen LogP contribution in [-0.4, -0.2) is 34.5 Å². The smallest absolute Gasteiger partial charge is 0.315 e. The number of hydrogen-bond acceptors (Lipinski definition) is 2. The van der Waals surface area contributed by atoms with Crippen molar-refractivity contribution in [1.82, 2.24) is 9.88 Å². The molecule has 4 heterocycles. The molecule has 0 N–H and O–H groups in total. The van der Waals surface area contributed by atoms with E-state index in [1.807, 2.05) is 29.4 Å². The van der Waals surface area contributed by atoms with E-state index in [0.717, 1.165) is 44.3 Å². The van der Waals surface area contributed by atoms with Crippen molar-refractivity contribution >= 4 is 17.3 Å². The van der Waals surface area contributed by atoms with E-state index in [2.05, 4.69) is 40.2 Å². The van der Waals surface area contributed by atoms with Crippen molar-refractivity contribution in [2.24, 2.45) is 0 Å². The molecular weight excluding hydrogens is 322 g/mol. The van der Waals surface area contributed by atoms with Crippen molar-refractivity contribution in [2.45, 2.75) is 44.2 Å². The number of benzene rings is 1. The number of aryl methyl sites for hydroxylation is 1. The summed E-state index contributed by atoms with van der Waals surface area (Å²) in [5, 5.41) is 0. The highest BCUT2D eigenvalue weighted by molar-refractivity contribution is 5.94. The Balaban J connectivity index is 1.44. The third kappa shape index (κ3) is 2.52. The lowest BCUT2D eigenvalue weighted by Crippen LogP contribution is -2.51. The van der Waals surface area contributed by atoms with Gasteiger partial charge in [0.2, 0.25) is 0 Å². The molecule has 2 bridgehead atoms. The third-order valence-electron chi connectivity index (χ3n) is 5.99. The monoisotopic (exact) mass is 345 g/mol. The summed E-state index contributed by atoms with van der Waals surface area (Å²) in [5.74, 6) is 0.